The third kappa shape index (κ3) is 2.75. The van der Waals surface area contributed by atoms with E-state index in [2.05, 4.69) is 65.0 Å². The number of hydrogen-bond donors (Lipinski definition) is 0. The molecule has 1 heterocycles. The van der Waals surface area contributed by atoms with Crippen LogP contribution in [0.1, 0.15) is 18.9 Å². The molecule has 1 saturated carbocycles. The standard InChI is InChI=1S/C6H5BrFI2N2PS/c7-4-5(8)12(3-1-2-3)6(11-4)14-13(9)10/h3H,1-2H2. The third-order valence-electron chi connectivity index (χ3n) is 1.84. The van der Waals surface area contributed by atoms with Crippen LogP contribution in [0.3, 0.4) is 0 Å². The normalized spacial score (nSPS) is 16.6. The van der Waals surface area contributed by atoms with Crippen molar-refractivity contribution in [2.45, 2.75) is 24.0 Å². The Kier molecular flexibility index (Phi) is 4.41. The number of rotatable bonds is 3. The Hall–Kier alpha value is 1.86. The van der Waals surface area contributed by atoms with Gasteiger partial charge in [-0.15, -0.1) is 0 Å². The van der Waals surface area contributed by atoms with Crippen LogP contribution in [0, 0.1) is 5.95 Å². The van der Waals surface area contributed by atoms with E-state index >= 15 is 0 Å². The molecule has 8 heteroatoms. The van der Waals surface area contributed by atoms with Gasteiger partial charge < -0.3 is 0 Å². The van der Waals surface area contributed by atoms with E-state index in [1.807, 2.05) is 0 Å². The van der Waals surface area contributed by atoms with E-state index in [-0.39, 0.29) is 8.36 Å². The summed E-state index contributed by atoms with van der Waals surface area (Å²) < 4.78 is 15.5. The maximum Gasteiger partial charge on any atom is 0.229 e. The van der Waals surface area contributed by atoms with Gasteiger partial charge in [0.1, 0.15) is 0 Å². The maximum atomic E-state index is 13.6. The molecular weight excluding hydrogens is 516 g/mol. The fourth-order valence-corrected chi connectivity index (χ4v) is 6.12. The van der Waals surface area contributed by atoms with Crippen LogP contribution in [0.2, 0.25) is 0 Å². The first-order valence-corrected chi connectivity index (χ1v) is 12.9. The van der Waals surface area contributed by atoms with Crippen molar-refractivity contribution in [2.75, 3.05) is 0 Å². The molecule has 1 aromatic rings. The molecule has 0 aliphatic heterocycles. The number of hydrogen-bond acceptors (Lipinski definition) is 2. The summed E-state index contributed by atoms with van der Waals surface area (Å²) in [7, 11) is 0. The van der Waals surface area contributed by atoms with Crippen molar-refractivity contribution in [2.24, 2.45) is 0 Å². The Labute approximate surface area is 121 Å². The van der Waals surface area contributed by atoms with Gasteiger partial charge in [0.2, 0.25) is 5.95 Å². The molecule has 0 radical (unpaired) electrons. The zero-order chi connectivity index (χ0) is 10.3. The molecule has 14 heavy (non-hydrogen) atoms. The average molecular weight is 521 g/mol. The zero-order valence-corrected chi connectivity index (χ0v) is 14.4. The van der Waals surface area contributed by atoms with Gasteiger partial charge in [0, 0.05) is 6.04 Å². The highest BCUT2D eigenvalue weighted by molar-refractivity contribution is 14.3. The van der Waals surface area contributed by atoms with Gasteiger partial charge in [-0.2, -0.15) is 4.39 Å². The van der Waals surface area contributed by atoms with Gasteiger partial charge in [-0.1, -0.05) is 0 Å². The molecule has 0 spiro atoms. The lowest BCUT2D eigenvalue weighted by molar-refractivity contribution is 0.475. The molecule has 1 aliphatic carbocycles. The van der Waals surface area contributed by atoms with E-state index in [1.54, 1.807) is 15.9 Å². The van der Waals surface area contributed by atoms with E-state index in [1.165, 1.54) is 0 Å². The second-order valence-corrected chi connectivity index (χ2v) is 21.5. The summed E-state index contributed by atoms with van der Waals surface area (Å²) in [6.45, 7) is 0. The molecule has 0 aromatic carbocycles. The van der Waals surface area contributed by atoms with Crippen LogP contribution < -0.4 is 0 Å². The summed E-state index contributed by atoms with van der Waals surface area (Å²) in [6, 6.07) is 0.346. The van der Waals surface area contributed by atoms with Crippen molar-refractivity contribution in [1.29, 1.82) is 0 Å². The van der Waals surface area contributed by atoms with Gasteiger partial charge in [0.25, 0.3) is 0 Å². The lowest BCUT2D eigenvalue weighted by Gasteiger charge is -2.05. The first-order chi connectivity index (χ1) is 6.59. The lowest BCUT2D eigenvalue weighted by Crippen LogP contribution is -1.98. The highest BCUT2D eigenvalue weighted by Crippen LogP contribution is 2.67. The van der Waals surface area contributed by atoms with Crippen LogP contribution in [-0.2, 0) is 0 Å². The molecule has 1 fully saturated rings. The largest absolute Gasteiger partial charge is 0.291 e. The molecule has 1 aromatic heterocycles. The molecule has 78 valence electrons. The number of imidazole rings is 1. The van der Waals surface area contributed by atoms with Crippen LogP contribution in [0.5, 0.6) is 0 Å². The summed E-state index contributed by atoms with van der Waals surface area (Å²) in [6.07, 6.45) is 2.15. The van der Waals surface area contributed by atoms with Gasteiger partial charge in [-0.3, -0.25) is 4.57 Å². The van der Waals surface area contributed by atoms with Crippen LogP contribution in [-0.4, -0.2) is 9.55 Å². The number of aromatic nitrogens is 2. The first kappa shape index (κ1) is 12.3. The van der Waals surface area contributed by atoms with Crippen LogP contribution in [0.15, 0.2) is 9.76 Å². The fourth-order valence-electron chi connectivity index (χ4n) is 1.14. The van der Waals surface area contributed by atoms with E-state index in [9.17, 15) is 4.39 Å². The van der Waals surface area contributed by atoms with Gasteiger partial charge >= 0.3 is 0 Å². The Morgan fingerprint density at radius 3 is 2.71 bits per heavy atom. The van der Waals surface area contributed by atoms with Crippen LogP contribution in [0.25, 0.3) is 0 Å². The second-order valence-electron chi connectivity index (χ2n) is 2.87. The molecule has 0 atom stereocenters. The fraction of sp³-hybridized carbons (Fsp3) is 0.500. The molecule has 2 rings (SSSR count). The first-order valence-electron chi connectivity index (χ1n) is 3.82. The monoisotopic (exact) mass is 520 g/mol. The molecule has 2 nitrogen and oxygen atoms in total. The molecular formula is C6H5BrFI2N2PS. The van der Waals surface area contributed by atoms with Gasteiger partial charge in [-0.25, -0.2) is 4.98 Å². The lowest BCUT2D eigenvalue weighted by atomic mass is 10.7. The zero-order valence-electron chi connectivity index (χ0n) is 6.75. The van der Waals surface area contributed by atoms with E-state index in [4.69, 9.17) is 0 Å². The molecule has 0 saturated heterocycles. The van der Waals surface area contributed by atoms with Crippen LogP contribution in [0.4, 0.5) is 4.39 Å². The average Bonchev–Trinajstić information content (AvgIpc) is 2.83. The quantitative estimate of drug-likeness (QED) is 0.397. The molecule has 0 N–H and O–H groups in total. The van der Waals surface area contributed by atoms with Gasteiger partial charge in [0.15, 0.2) is 9.76 Å². The smallest absolute Gasteiger partial charge is 0.229 e. The predicted octanol–water partition coefficient (Wildman–Crippen LogP) is 5.31. The van der Waals surface area contributed by atoms with Crippen molar-refractivity contribution >= 4 is 73.8 Å². The minimum Gasteiger partial charge on any atom is -0.291 e. The van der Waals surface area contributed by atoms with Gasteiger partial charge in [0.05, 0.1) is 2.41 Å². The Balaban J connectivity index is 2.32. The Bertz CT molecular complexity index is 358. The molecule has 0 unspecified atom stereocenters. The summed E-state index contributed by atoms with van der Waals surface area (Å²) in [5.74, 6) is -0.223. The Morgan fingerprint density at radius 1 is 1.57 bits per heavy atom. The molecule has 0 bridgehead atoms. The highest BCUT2D eigenvalue weighted by Gasteiger charge is 2.31. The maximum absolute atomic E-state index is 13.6. The summed E-state index contributed by atoms with van der Waals surface area (Å²) in [5, 5.41) is 0.812. The van der Waals surface area contributed by atoms with Crippen LogP contribution >= 0.6 is 73.8 Å². The summed E-state index contributed by atoms with van der Waals surface area (Å²) >= 11 is 9.48. The van der Waals surface area contributed by atoms with E-state index in [0.717, 1.165) is 18.0 Å². The highest BCUT2D eigenvalue weighted by atomic mass is 127. The summed E-state index contributed by atoms with van der Waals surface area (Å²) in [5.41, 5.74) is 0. The predicted molar refractivity (Wildman–Crippen MR) is 79.0 cm³/mol. The van der Waals surface area contributed by atoms with Gasteiger partial charge in [-0.05, 0) is 84.2 Å². The topological polar surface area (TPSA) is 17.8 Å². The summed E-state index contributed by atoms with van der Waals surface area (Å²) in [4.78, 5) is 4.19. The molecule has 1 aliphatic rings. The van der Waals surface area contributed by atoms with E-state index < -0.39 is 0 Å². The SMILES string of the molecule is Fc1c(Br)nc(SP(I)I)n1C1CC1. The number of nitrogens with zero attached hydrogens (tertiary/aromatic N) is 2. The third-order valence-corrected chi connectivity index (χ3v) is 7.39. The number of halogens is 4. The molecule has 0 amide bonds. The van der Waals surface area contributed by atoms with Crippen molar-refractivity contribution < 1.29 is 4.39 Å². The van der Waals surface area contributed by atoms with Crippen molar-refractivity contribution in [3.63, 3.8) is 0 Å². The van der Waals surface area contributed by atoms with Crippen molar-refractivity contribution in [3.8, 4) is 0 Å². The Morgan fingerprint density at radius 2 is 2.21 bits per heavy atom. The minimum atomic E-state index is -0.223. The second kappa shape index (κ2) is 5.01. The van der Waals surface area contributed by atoms with E-state index in [0.29, 0.717) is 10.6 Å². The van der Waals surface area contributed by atoms with Crippen molar-refractivity contribution in [1.82, 2.24) is 9.55 Å². The minimum absolute atomic E-state index is 0.203. The van der Waals surface area contributed by atoms with Crippen molar-refractivity contribution in [3.05, 3.63) is 10.6 Å².